The number of esters is 1. The number of carbonyl (C=O) groups excluding carboxylic acids is 2. The van der Waals surface area contributed by atoms with E-state index in [4.69, 9.17) is 5.11 Å². The molecule has 0 aliphatic carbocycles. The first-order chi connectivity index (χ1) is 7.51. The summed E-state index contributed by atoms with van der Waals surface area (Å²) < 4.78 is 4.30. The van der Waals surface area contributed by atoms with E-state index in [1.54, 1.807) is 0 Å². The Kier molecular flexibility index (Phi) is 6.66. The number of methoxy groups -OCH3 is 1. The molecule has 0 aromatic heterocycles. The summed E-state index contributed by atoms with van der Waals surface area (Å²) in [6.45, 7) is 1.52. The molecule has 0 aliphatic rings. The molecule has 1 unspecified atom stereocenters. The van der Waals surface area contributed by atoms with E-state index < -0.39 is 24.0 Å². The molecule has 0 fully saturated rings. The molecule has 3 N–H and O–H groups in total. The fraction of sp³-hybridized carbons (Fsp3) is 0.667. The molecular weight excluding hydrogens is 216 g/mol. The molecule has 16 heavy (non-hydrogen) atoms. The highest BCUT2D eigenvalue weighted by atomic mass is 16.5. The molecule has 0 aromatic rings. The van der Waals surface area contributed by atoms with Crippen molar-refractivity contribution < 1.29 is 24.2 Å². The summed E-state index contributed by atoms with van der Waals surface area (Å²) in [5, 5.41) is 13.2. The van der Waals surface area contributed by atoms with Crippen molar-refractivity contribution in [3.8, 4) is 0 Å². The first kappa shape index (κ1) is 14.2. The molecule has 7 heteroatoms. The van der Waals surface area contributed by atoms with E-state index in [2.05, 4.69) is 15.4 Å². The third-order valence-corrected chi connectivity index (χ3v) is 1.80. The van der Waals surface area contributed by atoms with E-state index in [9.17, 15) is 14.4 Å². The van der Waals surface area contributed by atoms with Crippen LogP contribution in [0.3, 0.4) is 0 Å². The predicted octanol–water partition coefficient (Wildman–Crippen LogP) is -0.288. The van der Waals surface area contributed by atoms with Gasteiger partial charge in [0, 0.05) is 0 Å². The van der Waals surface area contributed by atoms with Crippen LogP contribution in [-0.4, -0.2) is 42.8 Å². The zero-order valence-electron chi connectivity index (χ0n) is 9.28. The van der Waals surface area contributed by atoms with Crippen LogP contribution in [0.4, 0.5) is 4.79 Å². The summed E-state index contributed by atoms with van der Waals surface area (Å²) >= 11 is 0. The van der Waals surface area contributed by atoms with E-state index >= 15 is 0 Å². The molecule has 0 saturated carbocycles. The van der Waals surface area contributed by atoms with Gasteiger partial charge in [0.15, 0.2) is 0 Å². The number of aliphatic carboxylic acids is 1. The van der Waals surface area contributed by atoms with Crippen LogP contribution >= 0.6 is 0 Å². The Morgan fingerprint density at radius 2 is 2.00 bits per heavy atom. The van der Waals surface area contributed by atoms with E-state index in [0.29, 0.717) is 12.8 Å². The van der Waals surface area contributed by atoms with Crippen molar-refractivity contribution in [3.63, 3.8) is 0 Å². The number of nitrogens with one attached hydrogen (secondary N) is 2. The minimum atomic E-state index is -1.10. The molecule has 0 heterocycles. The van der Waals surface area contributed by atoms with E-state index in [-0.39, 0.29) is 6.54 Å². The highest BCUT2D eigenvalue weighted by Gasteiger charge is 2.18. The van der Waals surface area contributed by atoms with Crippen LogP contribution in [0, 0.1) is 0 Å². The van der Waals surface area contributed by atoms with Gasteiger partial charge < -0.3 is 20.5 Å². The average molecular weight is 232 g/mol. The molecule has 92 valence electrons. The number of amides is 2. The molecule has 0 aliphatic heterocycles. The summed E-state index contributed by atoms with van der Waals surface area (Å²) in [5.41, 5.74) is 0. The van der Waals surface area contributed by atoms with E-state index in [0.717, 1.165) is 0 Å². The number of ether oxygens (including phenoxy) is 1. The molecule has 1 atom stereocenters. The largest absolute Gasteiger partial charge is 0.480 e. The van der Waals surface area contributed by atoms with Gasteiger partial charge in [-0.1, -0.05) is 13.3 Å². The van der Waals surface area contributed by atoms with Crippen molar-refractivity contribution in [1.82, 2.24) is 10.6 Å². The molecule has 0 aromatic carbocycles. The summed E-state index contributed by atoms with van der Waals surface area (Å²) in [6, 6.07) is -1.64. The molecule has 7 nitrogen and oxygen atoms in total. The smallest absolute Gasteiger partial charge is 0.326 e. The third kappa shape index (κ3) is 5.84. The van der Waals surface area contributed by atoms with Gasteiger partial charge in [-0.05, 0) is 6.42 Å². The van der Waals surface area contributed by atoms with Gasteiger partial charge in [-0.3, -0.25) is 4.79 Å². The van der Waals surface area contributed by atoms with Crippen LogP contribution in [0.15, 0.2) is 0 Å². The van der Waals surface area contributed by atoms with Gasteiger partial charge in [-0.25, -0.2) is 9.59 Å². The number of carbonyl (C=O) groups is 3. The van der Waals surface area contributed by atoms with Gasteiger partial charge in [-0.15, -0.1) is 0 Å². The summed E-state index contributed by atoms with van der Waals surface area (Å²) in [4.78, 5) is 32.5. The van der Waals surface area contributed by atoms with Crippen LogP contribution in [0.25, 0.3) is 0 Å². The maximum atomic E-state index is 11.2. The topological polar surface area (TPSA) is 105 Å². The van der Waals surface area contributed by atoms with Gasteiger partial charge in [0.05, 0.1) is 7.11 Å². The lowest BCUT2D eigenvalue weighted by Gasteiger charge is -2.13. The van der Waals surface area contributed by atoms with Crippen molar-refractivity contribution in [2.24, 2.45) is 0 Å². The monoisotopic (exact) mass is 232 g/mol. The Bertz CT molecular complexity index is 267. The van der Waals surface area contributed by atoms with Crippen LogP contribution in [-0.2, 0) is 14.3 Å². The standard InChI is InChI=1S/C9H16N2O5/c1-3-4-6(8(13)14)11-9(15)10-5-7(12)16-2/h6H,3-5H2,1-2H3,(H,13,14)(H2,10,11,15). The number of urea groups is 1. The number of carboxylic acids is 1. The normalized spacial score (nSPS) is 11.4. The number of hydrogen-bond donors (Lipinski definition) is 3. The van der Waals surface area contributed by atoms with Gasteiger partial charge >= 0.3 is 18.0 Å². The van der Waals surface area contributed by atoms with Gasteiger partial charge in [-0.2, -0.15) is 0 Å². The molecule has 2 amide bonds. The first-order valence-electron chi connectivity index (χ1n) is 4.85. The number of carboxylic acid groups (broad SMARTS) is 1. The van der Waals surface area contributed by atoms with Gasteiger partial charge in [0.1, 0.15) is 12.6 Å². The van der Waals surface area contributed by atoms with Gasteiger partial charge in [0.25, 0.3) is 0 Å². The lowest BCUT2D eigenvalue weighted by Crippen LogP contribution is -2.47. The molecule has 0 spiro atoms. The Morgan fingerprint density at radius 1 is 1.38 bits per heavy atom. The first-order valence-corrected chi connectivity index (χ1v) is 4.85. The summed E-state index contributed by atoms with van der Waals surface area (Å²) in [5.74, 6) is -1.70. The fourth-order valence-electron chi connectivity index (χ4n) is 0.980. The maximum Gasteiger partial charge on any atom is 0.326 e. The zero-order chi connectivity index (χ0) is 12.6. The van der Waals surface area contributed by atoms with Crippen LogP contribution in [0.5, 0.6) is 0 Å². The van der Waals surface area contributed by atoms with Gasteiger partial charge in [0.2, 0.25) is 0 Å². The average Bonchev–Trinajstić information content (AvgIpc) is 2.25. The molecule has 0 radical (unpaired) electrons. The lowest BCUT2D eigenvalue weighted by molar-refractivity contribution is -0.139. The highest BCUT2D eigenvalue weighted by molar-refractivity contribution is 5.84. The molecule has 0 rings (SSSR count). The Balaban J connectivity index is 4.00. The summed E-state index contributed by atoms with van der Waals surface area (Å²) in [7, 11) is 1.19. The minimum Gasteiger partial charge on any atom is -0.480 e. The molecular formula is C9H16N2O5. The predicted molar refractivity (Wildman–Crippen MR) is 54.9 cm³/mol. The molecule has 0 saturated heterocycles. The second kappa shape index (κ2) is 7.49. The van der Waals surface area contributed by atoms with Crippen molar-refractivity contribution in [1.29, 1.82) is 0 Å². The maximum absolute atomic E-state index is 11.2. The number of rotatable bonds is 6. The second-order valence-electron chi connectivity index (χ2n) is 3.08. The zero-order valence-corrected chi connectivity index (χ0v) is 9.28. The van der Waals surface area contributed by atoms with Crippen molar-refractivity contribution in [2.75, 3.05) is 13.7 Å². The lowest BCUT2D eigenvalue weighted by atomic mass is 10.2. The van der Waals surface area contributed by atoms with Crippen molar-refractivity contribution in [3.05, 3.63) is 0 Å². The SMILES string of the molecule is CCCC(NC(=O)NCC(=O)OC)C(=O)O. The Morgan fingerprint density at radius 3 is 2.44 bits per heavy atom. The fourth-order valence-corrected chi connectivity index (χ4v) is 0.980. The van der Waals surface area contributed by atoms with Crippen LogP contribution in [0.2, 0.25) is 0 Å². The minimum absolute atomic E-state index is 0.291. The third-order valence-electron chi connectivity index (χ3n) is 1.80. The second-order valence-corrected chi connectivity index (χ2v) is 3.08. The quantitative estimate of drug-likeness (QED) is 0.546. The molecule has 0 bridgehead atoms. The highest BCUT2D eigenvalue weighted by Crippen LogP contribution is 1.96. The number of hydrogen-bond acceptors (Lipinski definition) is 4. The van der Waals surface area contributed by atoms with Crippen molar-refractivity contribution >= 4 is 18.0 Å². The van der Waals surface area contributed by atoms with Crippen LogP contribution in [0.1, 0.15) is 19.8 Å². The Labute approximate surface area is 93.2 Å². The Hall–Kier alpha value is -1.79. The van der Waals surface area contributed by atoms with E-state index in [1.807, 2.05) is 6.92 Å². The van der Waals surface area contributed by atoms with Crippen molar-refractivity contribution in [2.45, 2.75) is 25.8 Å². The van der Waals surface area contributed by atoms with Crippen LogP contribution < -0.4 is 10.6 Å². The van der Waals surface area contributed by atoms with E-state index in [1.165, 1.54) is 7.11 Å². The summed E-state index contributed by atoms with van der Waals surface area (Å²) in [6.07, 6.45) is 0.967.